The molecule has 1 atom stereocenters. The van der Waals surface area contributed by atoms with E-state index in [4.69, 9.17) is 14.2 Å². The Morgan fingerprint density at radius 2 is 1.69 bits per heavy atom. The number of hydrogen-bond donors (Lipinski definition) is 1. The maximum atomic E-state index is 12.9. The number of aliphatic hydroxyl groups is 1. The third kappa shape index (κ3) is 6.14. The fourth-order valence-electron chi connectivity index (χ4n) is 2.70. The van der Waals surface area contributed by atoms with Gasteiger partial charge >= 0.3 is 5.97 Å². The number of ether oxygens (including phenoxy) is 3. The van der Waals surface area contributed by atoms with E-state index >= 15 is 0 Å². The lowest BCUT2D eigenvalue weighted by Crippen LogP contribution is -2.47. The highest BCUT2D eigenvalue weighted by molar-refractivity contribution is 6.07. The van der Waals surface area contributed by atoms with Crippen molar-refractivity contribution >= 4 is 11.8 Å². The van der Waals surface area contributed by atoms with E-state index in [0.717, 1.165) is 5.56 Å². The quantitative estimate of drug-likeness (QED) is 0.395. The molecule has 0 saturated carbocycles. The molecule has 0 heterocycles. The molecule has 2 aromatic rings. The van der Waals surface area contributed by atoms with Crippen molar-refractivity contribution in [1.29, 1.82) is 0 Å². The number of benzene rings is 2. The predicted molar refractivity (Wildman–Crippen MR) is 108 cm³/mol. The average Bonchev–Trinajstić information content (AvgIpc) is 2.69. The molecular weight excluding hydrogens is 372 g/mol. The molecule has 0 fully saturated rings. The second kappa shape index (κ2) is 9.67. The van der Waals surface area contributed by atoms with Gasteiger partial charge in [-0.05, 0) is 38.5 Å². The van der Waals surface area contributed by atoms with Crippen molar-refractivity contribution in [2.24, 2.45) is 0 Å². The van der Waals surface area contributed by atoms with Crippen LogP contribution in [0.4, 0.5) is 0 Å². The molecule has 2 aromatic carbocycles. The predicted octanol–water partition coefficient (Wildman–Crippen LogP) is 3.40. The highest BCUT2D eigenvalue weighted by Gasteiger charge is 2.48. The van der Waals surface area contributed by atoms with Crippen LogP contribution in [0, 0.1) is 0 Å². The van der Waals surface area contributed by atoms with Gasteiger partial charge in [-0.3, -0.25) is 4.79 Å². The van der Waals surface area contributed by atoms with Gasteiger partial charge in [0.25, 0.3) is 0 Å². The molecule has 0 aliphatic rings. The number of rotatable bonds is 9. The molecular formula is C23H28O6. The number of carbonyl (C=O) groups excluding carboxylic acids is 2. The van der Waals surface area contributed by atoms with Gasteiger partial charge < -0.3 is 19.3 Å². The normalized spacial score (nSPS) is 13.4. The highest BCUT2D eigenvalue weighted by atomic mass is 16.6. The number of Topliss-reactive ketones (excluding diaryl/α,β-unsaturated/α-hetero) is 1. The van der Waals surface area contributed by atoms with Crippen LogP contribution in [0.15, 0.2) is 54.6 Å². The minimum Gasteiger partial charge on any atom is -0.497 e. The zero-order valence-electron chi connectivity index (χ0n) is 17.3. The highest BCUT2D eigenvalue weighted by Crippen LogP contribution is 2.30. The molecule has 29 heavy (non-hydrogen) atoms. The van der Waals surface area contributed by atoms with Crippen LogP contribution >= 0.6 is 0 Å². The largest absolute Gasteiger partial charge is 0.497 e. The second-order valence-electron chi connectivity index (χ2n) is 7.66. The van der Waals surface area contributed by atoms with Crippen molar-refractivity contribution < 1.29 is 28.9 Å². The van der Waals surface area contributed by atoms with Gasteiger partial charge in [0.1, 0.15) is 11.4 Å². The summed E-state index contributed by atoms with van der Waals surface area (Å²) in [7, 11) is 1.46. The van der Waals surface area contributed by atoms with Crippen LogP contribution in [0.1, 0.15) is 38.3 Å². The van der Waals surface area contributed by atoms with Crippen LogP contribution in [0.5, 0.6) is 5.75 Å². The number of ketones is 1. The van der Waals surface area contributed by atoms with Gasteiger partial charge in [0.15, 0.2) is 5.78 Å². The van der Waals surface area contributed by atoms with Crippen molar-refractivity contribution in [2.45, 2.75) is 45.0 Å². The van der Waals surface area contributed by atoms with Gasteiger partial charge in [0, 0.05) is 12.0 Å². The Hall–Kier alpha value is -2.70. The van der Waals surface area contributed by atoms with Crippen LogP contribution in [0.3, 0.4) is 0 Å². The summed E-state index contributed by atoms with van der Waals surface area (Å²) in [5.41, 5.74) is -2.25. The number of esters is 1. The molecule has 0 aliphatic heterocycles. The molecule has 2 rings (SSSR count). The summed E-state index contributed by atoms with van der Waals surface area (Å²) in [4.78, 5) is 25.7. The summed E-state index contributed by atoms with van der Waals surface area (Å²) in [6.07, 6.45) is -0.153. The number of methoxy groups -OCH3 is 1. The monoisotopic (exact) mass is 400 g/mol. The van der Waals surface area contributed by atoms with Crippen LogP contribution in [0.2, 0.25) is 0 Å². The van der Waals surface area contributed by atoms with Crippen molar-refractivity contribution in [2.75, 3.05) is 13.7 Å². The maximum Gasteiger partial charge on any atom is 0.351 e. The molecule has 0 aliphatic carbocycles. The molecule has 6 nitrogen and oxygen atoms in total. The first-order valence-electron chi connectivity index (χ1n) is 9.42. The summed E-state index contributed by atoms with van der Waals surface area (Å²) >= 11 is 0. The van der Waals surface area contributed by atoms with E-state index in [0.29, 0.717) is 12.4 Å². The van der Waals surface area contributed by atoms with Crippen LogP contribution in [-0.4, -0.2) is 36.2 Å². The summed E-state index contributed by atoms with van der Waals surface area (Å²) in [6.45, 7) is 5.40. The third-order valence-corrected chi connectivity index (χ3v) is 4.17. The van der Waals surface area contributed by atoms with Crippen LogP contribution < -0.4 is 4.74 Å². The summed E-state index contributed by atoms with van der Waals surface area (Å²) in [5, 5.41) is 11.2. The van der Waals surface area contributed by atoms with Crippen molar-refractivity contribution in [3.05, 3.63) is 65.7 Å². The minimum atomic E-state index is -2.45. The number of carbonyl (C=O) groups is 2. The minimum absolute atomic E-state index is 0.0583. The third-order valence-electron chi connectivity index (χ3n) is 4.17. The summed E-state index contributed by atoms with van der Waals surface area (Å²) in [5.74, 6) is -1.31. The Bertz CT molecular complexity index is 825. The lowest BCUT2D eigenvalue weighted by atomic mass is 9.87. The molecule has 0 spiro atoms. The standard InChI is InChI=1S/C23H28O6/c1-22(2,3)29-21(25)23(26,18-11-8-12-19(15-18)27-4)20(24)13-14-28-16-17-9-6-5-7-10-17/h5-12,15,26H,13-14,16H2,1-4H3. The topological polar surface area (TPSA) is 82.1 Å². The Morgan fingerprint density at radius 3 is 2.31 bits per heavy atom. The van der Waals surface area contributed by atoms with Gasteiger partial charge in [0.2, 0.25) is 5.60 Å². The van der Waals surface area contributed by atoms with E-state index < -0.39 is 23.0 Å². The van der Waals surface area contributed by atoms with Gasteiger partial charge in [-0.25, -0.2) is 4.79 Å². The summed E-state index contributed by atoms with van der Waals surface area (Å²) < 4.78 is 16.0. The van der Waals surface area contributed by atoms with Crippen molar-refractivity contribution in [3.8, 4) is 5.75 Å². The lowest BCUT2D eigenvalue weighted by Gasteiger charge is -2.29. The Kier molecular flexibility index (Phi) is 7.53. The molecule has 0 aromatic heterocycles. The second-order valence-corrected chi connectivity index (χ2v) is 7.66. The summed E-state index contributed by atoms with van der Waals surface area (Å²) in [6, 6.07) is 15.7. The molecule has 0 amide bonds. The Morgan fingerprint density at radius 1 is 1.00 bits per heavy atom. The van der Waals surface area contributed by atoms with Gasteiger partial charge in [-0.15, -0.1) is 0 Å². The first kappa shape index (κ1) is 22.6. The first-order valence-corrected chi connectivity index (χ1v) is 9.42. The van der Waals surface area contributed by atoms with E-state index in [1.165, 1.54) is 19.2 Å². The SMILES string of the molecule is COc1cccc(C(O)(C(=O)CCOCc2ccccc2)C(=O)OC(C)(C)C)c1. The molecule has 156 valence electrons. The van der Waals surface area contributed by atoms with Crippen molar-refractivity contribution in [3.63, 3.8) is 0 Å². The number of hydrogen-bond acceptors (Lipinski definition) is 6. The molecule has 0 saturated heterocycles. The smallest absolute Gasteiger partial charge is 0.351 e. The van der Waals surface area contributed by atoms with Gasteiger partial charge in [-0.1, -0.05) is 42.5 Å². The fraction of sp³-hybridized carbons (Fsp3) is 0.391. The molecule has 0 radical (unpaired) electrons. The molecule has 1 N–H and O–H groups in total. The Labute approximate surface area is 171 Å². The molecule has 6 heteroatoms. The van der Waals surface area contributed by atoms with Gasteiger partial charge in [-0.2, -0.15) is 0 Å². The first-order chi connectivity index (χ1) is 13.7. The van der Waals surface area contributed by atoms with E-state index in [-0.39, 0.29) is 18.6 Å². The fourth-order valence-corrected chi connectivity index (χ4v) is 2.70. The lowest BCUT2D eigenvalue weighted by molar-refractivity contribution is -0.181. The zero-order chi connectivity index (χ0) is 21.5. The molecule has 0 bridgehead atoms. The average molecular weight is 400 g/mol. The van der Waals surface area contributed by atoms with E-state index in [1.54, 1.807) is 32.9 Å². The van der Waals surface area contributed by atoms with Crippen molar-refractivity contribution in [1.82, 2.24) is 0 Å². The van der Waals surface area contributed by atoms with Gasteiger partial charge in [0.05, 0.1) is 20.3 Å². The van der Waals surface area contributed by atoms with Crippen LogP contribution in [0.25, 0.3) is 0 Å². The zero-order valence-corrected chi connectivity index (χ0v) is 17.3. The maximum absolute atomic E-state index is 12.9. The van der Waals surface area contributed by atoms with E-state index in [2.05, 4.69) is 0 Å². The van der Waals surface area contributed by atoms with Crippen LogP contribution in [-0.2, 0) is 31.3 Å². The molecule has 1 unspecified atom stereocenters. The Balaban J connectivity index is 2.17. The van der Waals surface area contributed by atoms with E-state index in [1.807, 2.05) is 30.3 Å². The van der Waals surface area contributed by atoms with E-state index in [9.17, 15) is 14.7 Å².